The van der Waals surface area contributed by atoms with Gasteiger partial charge in [0.15, 0.2) is 0 Å². The SMILES string of the molecule is CCCCCCCC(CCCC)(OOC(C)(C)C)OOC(C)(C)C. The van der Waals surface area contributed by atoms with Gasteiger partial charge in [-0.1, -0.05) is 46.0 Å². The average molecular weight is 347 g/mol. The van der Waals surface area contributed by atoms with E-state index < -0.39 is 5.79 Å². The predicted octanol–water partition coefficient (Wildman–Crippen LogP) is 6.73. The van der Waals surface area contributed by atoms with Crippen molar-refractivity contribution < 1.29 is 19.6 Å². The quantitative estimate of drug-likeness (QED) is 0.160. The third kappa shape index (κ3) is 13.2. The van der Waals surface area contributed by atoms with Crippen molar-refractivity contribution in [2.45, 2.75) is 130 Å². The van der Waals surface area contributed by atoms with Crippen molar-refractivity contribution in [3.05, 3.63) is 0 Å². The van der Waals surface area contributed by atoms with Crippen molar-refractivity contribution in [2.75, 3.05) is 0 Å². The van der Waals surface area contributed by atoms with Crippen LogP contribution in [0, 0.1) is 0 Å². The Morgan fingerprint density at radius 2 is 0.917 bits per heavy atom. The highest BCUT2D eigenvalue weighted by molar-refractivity contribution is 4.69. The molecule has 0 aromatic rings. The summed E-state index contributed by atoms with van der Waals surface area (Å²) in [7, 11) is 0. The topological polar surface area (TPSA) is 36.9 Å². The monoisotopic (exact) mass is 346 g/mol. The van der Waals surface area contributed by atoms with Crippen LogP contribution in [0.1, 0.15) is 113 Å². The fourth-order valence-corrected chi connectivity index (χ4v) is 2.15. The zero-order valence-electron chi connectivity index (χ0n) is 17.5. The Morgan fingerprint density at radius 1 is 0.500 bits per heavy atom. The van der Waals surface area contributed by atoms with E-state index in [1.807, 2.05) is 41.5 Å². The maximum atomic E-state index is 5.85. The zero-order valence-corrected chi connectivity index (χ0v) is 17.5. The second kappa shape index (κ2) is 11.5. The summed E-state index contributed by atoms with van der Waals surface area (Å²) in [5.41, 5.74) is -0.768. The van der Waals surface area contributed by atoms with Gasteiger partial charge in [0.1, 0.15) is 0 Å². The van der Waals surface area contributed by atoms with Crippen LogP contribution in [0.15, 0.2) is 0 Å². The Bertz CT molecular complexity index is 284. The molecule has 4 nitrogen and oxygen atoms in total. The van der Waals surface area contributed by atoms with E-state index in [9.17, 15) is 0 Å². The van der Waals surface area contributed by atoms with Gasteiger partial charge in [0.05, 0.1) is 11.2 Å². The van der Waals surface area contributed by atoms with Gasteiger partial charge in [-0.2, -0.15) is 9.78 Å². The molecule has 0 atom stereocenters. The predicted molar refractivity (Wildman–Crippen MR) is 99.5 cm³/mol. The minimum atomic E-state index is -0.831. The van der Waals surface area contributed by atoms with Gasteiger partial charge < -0.3 is 0 Å². The highest BCUT2D eigenvalue weighted by Gasteiger charge is 2.37. The third-order valence-electron chi connectivity index (χ3n) is 3.46. The van der Waals surface area contributed by atoms with Crippen LogP contribution >= 0.6 is 0 Å². The van der Waals surface area contributed by atoms with Crippen LogP contribution in [0.25, 0.3) is 0 Å². The first-order valence-corrected chi connectivity index (χ1v) is 9.77. The van der Waals surface area contributed by atoms with Gasteiger partial charge in [-0.3, -0.25) is 0 Å². The van der Waals surface area contributed by atoms with Crippen molar-refractivity contribution in [3.63, 3.8) is 0 Å². The summed E-state index contributed by atoms with van der Waals surface area (Å²) in [4.78, 5) is 23.0. The van der Waals surface area contributed by atoms with Crippen molar-refractivity contribution in [1.29, 1.82) is 0 Å². The van der Waals surface area contributed by atoms with Gasteiger partial charge in [0.2, 0.25) is 5.79 Å². The van der Waals surface area contributed by atoms with Crippen LogP contribution in [-0.2, 0) is 19.6 Å². The maximum absolute atomic E-state index is 5.85. The van der Waals surface area contributed by atoms with E-state index in [2.05, 4.69) is 13.8 Å². The molecule has 24 heavy (non-hydrogen) atoms. The summed E-state index contributed by atoms with van der Waals surface area (Å²) >= 11 is 0. The molecule has 146 valence electrons. The molecule has 0 aromatic heterocycles. The molecule has 0 fully saturated rings. The summed E-state index contributed by atoms with van der Waals surface area (Å²) in [6.45, 7) is 16.3. The molecular weight excluding hydrogens is 304 g/mol. The molecule has 0 rings (SSSR count). The molecule has 0 N–H and O–H groups in total. The summed E-state index contributed by atoms with van der Waals surface area (Å²) in [6.07, 6.45) is 9.64. The van der Waals surface area contributed by atoms with Crippen LogP contribution in [0.2, 0.25) is 0 Å². The lowest BCUT2D eigenvalue weighted by Crippen LogP contribution is -2.41. The second-order valence-electron chi connectivity index (χ2n) is 8.74. The summed E-state index contributed by atoms with van der Waals surface area (Å²) < 4.78 is 0. The van der Waals surface area contributed by atoms with Gasteiger partial charge in [0, 0.05) is 12.8 Å². The molecule has 0 aliphatic heterocycles. The molecule has 0 saturated carbocycles. The molecule has 0 unspecified atom stereocenters. The molecule has 0 heterocycles. The summed E-state index contributed by atoms with van der Waals surface area (Å²) in [5.74, 6) is -0.831. The Balaban J connectivity index is 4.89. The molecule has 0 aromatic carbocycles. The van der Waals surface area contributed by atoms with E-state index in [-0.39, 0.29) is 11.2 Å². The first-order valence-electron chi connectivity index (χ1n) is 9.77. The Labute approximate surface area is 150 Å². The lowest BCUT2D eigenvalue weighted by atomic mass is 10.0. The van der Waals surface area contributed by atoms with E-state index in [1.54, 1.807) is 0 Å². The van der Waals surface area contributed by atoms with Gasteiger partial charge >= 0.3 is 0 Å². The summed E-state index contributed by atoms with van der Waals surface area (Å²) in [5, 5.41) is 0. The van der Waals surface area contributed by atoms with Gasteiger partial charge in [-0.25, -0.2) is 9.78 Å². The van der Waals surface area contributed by atoms with Crippen LogP contribution in [0.3, 0.4) is 0 Å². The summed E-state index contributed by atoms with van der Waals surface area (Å²) in [6, 6.07) is 0. The van der Waals surface area contributed by atoms with E-state index in [0.29, 0.717) is 0 Å². The minimum Gasteiger partial charge on any atom is -0.228 e. The first kappa shape index (κ1) is 23.8. The van der Waals surface area contributed by atoms with Crippen molar-refractivity contribution in [2.24, 2.45) is 0 Å². The first-order chi connectivity index (χ1) is 11.0. The molecule has 0 aliphatic rings. The Kier molecular flexibility index (Phi) is 11.4. The van der Waals surface area contributed by atoms with E-state index in [0.717, 1.165) is 32.1 Å². The molecule has 0 bridgehead atoms. The molecule has 0 radical (unpaired) electrons. The largest absolute Gasteiger partial charge is 0.234 e. The Hall–Kier alpha value is -0.160. The second-order valence-corrected chi connectivity index (χ2v) is 8.74. The van der Waals surface area contributed by atoms with Crippen LogP contribution in [0.5, 0.6) is 0 Å². The minimum absolute atomic E-state index is 0.384. The lowest BCUT2D eigenvalue weighted by Gasteiger charge is -2.35. The van der Waals surface area contributed by atoms with Crippen LogP contribution in [0.4, 0.5) is 0 Å². The fraction of sp³-hybridized carbons (Fsp3) is 1.00. The van der Waals surface area contributed by atoms with E-state index in [1.165, 1.54) is 25.7 Å². The number of rotatable bonds is 13. The highest BCUT2D eigenvalue weighted by Crippen LogP contribution is 2.32. The average Bonchev–Trinajstić information content (AvgIpc) is 2.46. The van der Waals surface area contributed by atoms with Crippen LogP contribution < -0.4 is 0 Å². The molecular formula is C20H42O4. The van der Waals surface area contributed by atoms with Crippen molar-refractivity contribution >= 4 is 0 Å². The molecule has 0 spiro atoms. The number of hydrogen-bond acceptors (Lipinski definition) is 4. The van der Waals surface area contributed by atoms with Gasteiger partial charge in [-0.15, -0.1) is 0 Å². The van der Waals surface area contributed by atoms with Crippen molar-refractivity contribution in [3.8, 4) is 0 Å². The highest BCUT2D eigenvalue weighted by atomic mass is 17.3. The lowest BCUT2D eigenvalue weighted by molar-refractivity contribution is -0.543. The molecule has 4 heteroatoms. The van der Waals surface area contributed by atoms with Gasteiger partial charge in [-0.05, 0) is 54.4 Å². The third-order valence-corrected chi connectivity index (χ3v) is 3.46. The zero-order chi connectivity index (χ0) is 18.7. The smallest absolute Gasteiger partial charge is 0.228 e. The fourth-order valence-electron chi connectivity index (χ4n) is 2.15. The maximum Gasteiger partial charge on any atom is 0.234 e. The van der Waals surface area contributed by atoms with Gasteiger partial charge in [0.25, 0.3) is 0 Å². The standard InChI is InChI=1S/C20H42O4/c1-9-11-13-14-15-17-20(16-12-10-2,23-21-18(3,4)5)24-22-19(6,7)8/h9-17H2,1-8H3. The molecule has 0 saturated heterocycles. The number of unbranched alkanes of at least 4 members (excludes halogenated alkanes) is 5. The van der Waals surface area contributed by atoms with E-state index in [4.69, 9.17) is 19.6 Å². The molecule has 0 aliphatic carbocycles. The molecule has 0 amide bonds. The number of hydrogen-bond donors (Lipinski definition) is 0. The van der Waals surface area contributed by atoms with Crippen molar-refractivity contribution in [1.82, 2.24) is 0 Å². The van der Waals surface area contributed by atoms with E-state index >= 15 is 0 Å². The van der Waals surface area contributed by atoms with Crippen LogP contribution in [-0.4, -0.2) is 17.0 Å². The normalized spacial score (nSPS) is 13.5. The Morgan fingerprint density at radius 3 is 1.33 bits per heavy atom.